The van der Waals surface area contributed by atoms with Gasteiger partial charge in [-0.25, -0.2) is 14.8 Å². The number of piperidine rings is 1. The van der Waals surface area contributed by atoms with Crippen molar-refractivity contribution in [1.82, 2.24) is 30.0 Å². The molecule has 11 heteroatoms. The number of nitrogens with one attached hydrogen (secondary N) is 2. The number of rotatable bonds is 9. The van der Waals surface area contributed by atoms with E-state index in [9.17, 15) is 14.9 Å². The lowest BCUT2D eigenvalue weighted by Crippen LogP contribution is -2.39. The third-order valence-corrected chi connectivity index (χ3v) is 8.07. The van der Waals surface area contributed by atoms with Crippen molar-refractivity contribution in [3.8, 4) is 17.3 Å². The molecule has 1 aliphatic carbocycles. The summed E-state index contributed by atoms with van der Waals surface area (Å²) in [5.74, 6) is 0.450. The van der Waals surface area contributed by atoms with Crippen molar-refractivity contribution < 1.29 is 14.3 Å². The number of anilines is 2. The highest BCUT2D eigenvalue weighted by Crippen LogP contribution is 2.32. The summed E-state index contributed by atoms with van der Waals surface area (Å²) in [4.78, 5) is 36.1. The zero-order valence-electron chi connectivity index (χ0n) is 24.5. The zero-order chi connectivity index (χ0) is 30.5. The first-order valence-corrected chi connectivity index (χ1v) is 14.9. The molecule has 0 radical (unpaired) electrons. The van der Waals surface area contributed by atoms with E-state index in [1.807, 2.05) is 60.3 Å². The SMILES string of the molecule is Cc1cnc(Nc2cnn(C3CCN(C(=O)OCc4ccccc4)CC3)c2)nc1-c1ccc(C(=O)N[C@H](C#N)C2CC2)cc1. The Kier molecular flexibility index (Phi) is 8.50. The van der Waals surface area contributed by atoms with Crippen LogP contribution in [0.2, 0.25) is 0 Å². The number of likely N-dealkylation sites (tertiary alicyclic amines) is 1. The Hall–Kier alpha value is -5.24. The minimum Gasteiger partial charge on any atom is -0.445 e. The van der Waals surface area contributed by atoms with Gasteiger partial charge in [0.05, 0.1) is 29.7 Å². The molecule has 2 amide bonds. The van der Waals surface area contributed by atoms with Crippen LogP contribution in [0.3, 0.4) is 0 Å². The molecule has 3 heterocycles. The van der Waals surface area contributed by atoms with E-state index in [4.69, 9.17) is 9.72 Å². The minimum absolute atomic E-state index is 0.168. The molecule has 1 saturated carbocycles. The van der Waals surface area contributed by atoms with Crippen molar-refractivity contribution in [3.63, 3.8) is 0 Å². The Balaban J connectivity index is 1.03. The van der Waals surface area contributed by atoms with Gasteiger partial charge < -0.3 is 20.3 Å². The molecule has 4 aromatic rings. The van der Waals surface area contributed by atoms with Crippen LogP contribution >= 0.6 is 0 Å². The van der Waals surface area contributed by atoms with Crippen molar-refractivity contribution in [2.75, 3.05) is 18.4 Å². The first-order chi connectivity index (χ1) is 21.5. The predicted molar refractivity (Wildman–Crippen MR) is 164 cm³/mol. The molecular formula is C33H34N8O3. The lowest BCUT2D eigenvalue weighted by Gasteiger charge is -2.31. The zero-order valence-corrected chi connectivity index (χ0v) is 24.5. The molecular weight excluding hydrogens is 556 g/mol. The van der Waals surface area contributed by atoms with Gasteiger partial charge in [0.15, 0.2) is 0 Å². The normalized spacial score (nSPS) is 15.7. The van der Waals surface area contributed by atoms with Gasteiger partial charge in [-0.3, -0.25) is 9.48 Å². The van der Waals surface area contributed by atoms with Crippen LogP contribution in [0.1, 0.15) is 53.2 Å². The number of aromatic nitrogens is 4. The van der Waals surface area contributed by atoms with Gasteiger partial charge >= 0.3 is 6.09 Å². The van der Waals surface area contributed by atoms with E-state index in [1.54, 1.807) is 29.4 Å². The molecule has 0 bridgehead atoms. The molecule has 2 N–H and O–H groups in total. The van der Waals surface area contributed by atoms with E-state index < -0.39 is 6.04 Å². The first-order valence-electron chi connectivity index (χ1n) is 14.9. The van der Waals surface area contributed by atoms with Gasteiger partial charge in [-0.2, -0.15) is 10.4 Å². The second kappa shape index (κ2) is 13.0. The minimum atomic E-state index is -0.439. The molecule has 6 rings (SSSR count). The maximum absolute atomic E-state index is 12.6. The van der Waals surface area contributed by atoms with Gasteiger partial charge in [0, 0.05) is 36.6 Å². The van der Waals surface area contributed by atoms with E-state index in [0.29, 0.717) is 24.6 Å². The number of amides is 2. The van der Waals surface area contributed by atoms with Gasteiger partial charge in [0.25, 0.3) is 5.91 Å². The monoisotopic (exact) mass is 590 g/mol. The fraction of sp³-hybridized carbons (Fsp3) is 0.333. The van der Waals surface area contributed by atoms with Crippen molar-refractivity contribution in [1.29, 1.82) is 5.26 Å². The molecule has 1 saturated heterocycles. The molecule has 2 aromatic heterocycles. The molecule has 2 fully saturated rings. The third-order valence-electron chi connectivity index (χ3n) is 8.07. The number of hydrogen-bond acceptors (Lipinski definition) is 8. The molecule has 1 atom stereocenters. The standard InChI is InChI=1S/C33H34N8O3/c1-22-18-35-32(39-30(22)25-9-11-26(12-10-25)31(42)38-29(17-34)24-7-8-24)37-27-19-36-41(20-27)28-13-15-40(16-14-28)33(43)44-21-23-5-3-2-4-6-23/h2-6,9-12,18-20,24,28-29H,7-8,13-16,21H2,1H3,(H,38,42)(H,35,37,39)/t29-/m1/s1. The summed E-state index contributed by atoms with van der Waals surface area (Å²) in [6.07, 6.45) is 8.66. The third kappa shape index (κ3) is 6.86. The fourth-order valence-electron chi connectivity index (χ4n) is 5.34. The summed E-state index contributed by atoms with van der Waals surface area (Å²) in [6.45, 7) is 3.41. The van der Waals surface area contributed by atoms with E-state index in [-0.39, 0.29) is 30.6 Å². The molecule has 2 aromatic carbocycles. The van der Waals surface area contributed by atoms with E-state index in [2.05, 4.69) is 26.8 Å². The second-order valence-corrected chi connectivity index (χ2v) is 11.3. The summed E-state index contributed by atoms with van der Waals surface area (Å²) < 4.78 is 7.41. The van der Waals surface area contributed by atoms with Gasteiger partial charge in [0.2, 0.25) is 5.95 Å². The highest BCUT2D eigenvalue weighted by molar-refractivity contribution is 5.95. The van der Waals surface area contributed by atoms with Crippen LogP contribution in [0.25, 0.3) is 11.3 Å². The highest BCUT2D eigenvalue weighted by Gasteiger charge is 2.32. The molecule has 11 nitrogen and oxygen atoms in total. The van der Waals surface area contributed by atoms with Crippen molar-refractivity contribution in [3.05, 3.63) is 89.9 Å². The number of carbonyl (C=O) groups is 2. The van der Waals surface area contributed by atoms with Gasteiger partial charge in [-0.1, -0.05) is 42.5 Å². The summed E-state index contributed by atoms with van der Waals surface area (Å²) in [5.41, 5.74) is 4.74. The Morgan fingerprint density at radius 3 is 2.50 bits per heavy atom. The van der Waals surface area contributed by atoms with Gasteiger partial charge in [-0.15, -0.1) is 0 Å². The van der Waals surface area contributed by atoms with Crippen LogP contribution in [0.15, 0.2) is 73.2 Å². The number of nitriles is 1. The van der Waals surface area contributed by atoms with Crippen LogP contribution in [0, 0.1) is 24.2 Å². The van der Waals surface area contributed by atoms with Gasteiger partial charge in [-0.05, 0) is 61.8 Å². The molecule has 224 valence electrons. The first kappa shape index (κ1) is 28.9. The number of benzene rings is 2. The lowest BCUT2D eigenvalue weighted by molar-refractivity contribution is 0.0821. The summed E-state index contributed by atoms with van der Waals surface area (Å²) in [7, 11) is 0. The average molecular weight is 591 g/mol. The topological polar surface area (TPSA) is 138 Å². The Labute approximate surface area is 255 Å². The highest BCUT2D eigenvalue weighted by atomic mass is 16.6. The Morgan fingerprint density at radius 2 is 1.80 bits per heavy atom. The molecule has 0 spiro atoms. The fourth-order valence-corrected chi connectivity index (χ4v) is 5.34. The van der Waals surface area contributed by atoms with Crippen LogP contribution in [-0.2, 0) is 11.3 Å². The quantitative estimate of drug-likeness (QED) is 0.264. The lowest BCUT2D eigenvalue weighted by atomic mass is 10.1. The number of aryl methyl sites for hydroxylation is 1. The van der Waals surface area contributed by atoms with Crippen LogP contribution < -0.4 is 10.6 Å². The number of ether oxygens (including phenoxy) is 1. The number of hydrogen-bond donors (Lipinski definition) is 2. The van der Waals surface area contributed by atoms with Crippen LogP contribution in [0.4, 0.5) is 16.4 Å². The molecule has 44 heavy (non-hydrogen) atoms. The van der Waals surface area contributed by atoms with E-state index in [1.165, 1.54) is 0 Å². The Morgan fingerprint density at radius 1 is 1.05 bits per heavy atom. The van der Waals surface area contributed by atoms with Crippen molar-refractivity contribution >= 4 is 23.6 Å². The largest absolute Gasteiger partial charge is 0.445 e. The van der Waals surface area contributed by atoms with E-state index in [0.717, 1.165) is 53.8 Å². The number of nitrogens with zero attached hydrogens (tertiary/aromatic N) is 6. The van der Waals surface area contributed by atoms with E-state index >= 15 is 0 Å². The smallest absolute Gasteiger partial charge is 0.410 e. The van der Waals surface area contributed by atoms with Crippen molar-refractivity contribution in [2.45, 2.75) is 51.3 Å². The maximum Gasteiger partial charge on any atom is 0.410 e. The average Bonchev–Trinajstić information content (AvgIpc) is 3.81. The van der Waals surface area contributed by atoms with Crippen LogP contribution in [0.5, 0.6) is 0 Å². The molecule has 0 unspecified atom stereocenters. The summed E-state index contributed by atoms with van der Waals surface area (Å²) >= 11 is 0. The maximum atomic E-state index is 12.6. The Bertz CT molecular complexity index is 1650. The number of carbonyl (C=O) groups excluding carboxylic acids is 2. The predicted octanol–water partition coefficient (Wildman–Crippen LogP) is 5.40. The van der Waals surface area contributed by atoms with Crippen LogP contribution in [-0.4, -0.2) is 55.8 Å². The van der Waals surface area contributed by atoms with Gasteiger partial charge in [0.1, 0.15) is 12.6 Å². The summed E-state index contributed by atoms with van der Waals surface area (Å²) in [6, 6.07) is 18.8. The second-order valence-electron chi connectivity index (χ2n) is 11.3. The van der Waals surface area contributed by atoms with Crippen molar-refractivity contribution in [2.24, 2.45) is 5.92 Å². The molecule has 1 aliphatic heterocycles. The summed E-state index contributed by atoms with van der Waals surface area (Å²) in [5, 5.41) is 20.0. The molecule has 2 aliphatic rings.